The van der Waals surface area contributed by atoms with Gasteiger partial charge < -0.3 is 5.11 Å². The van der Waals surface area contributed by atoms with Gasteiger partial charge >= 0.3 is 0 Å². The van der Waals surface area contributed by atoms with Crippen LogP contribution in [0.3, 0.4) is 0 Å². The van der Waals surface area contributed by atoms with Crippen molar-refractivity contribution < 1.29 is 9.90 Å². The van der Waals surface area contributed by atoms with Crippen LogP contribution in [0, 0.1) is 5.92 Å². The van der Waals surface area contributed by atoms with E-state index in [0.717, 1.165) is 18.8 Å². The van der Waals surface area contributed by atoms with Crippen LogP contribution in [-0.4, -0.2) is 16.7 Å². The van der Waals surface area contributed by atoms with E-state index in [9.17, 15) is 9.90 Å². The van der Waals surface area contributed by atoms with Gasteiger partial charge in [-0.2, -0.15) is 5.10 Å². The Morgan fingerprint density at radius 1 is 1.44 bits per heavy atom. The molecule has 1 aromatic heterocycles. The number of fused-ring (bicyclic) bond motifs is 1. The van der Waals surface area contributed by atoms with E-state index in [2.05, 4.69) is 17.5 Å². The normalized spacial score (nSPS) is 17.2. The van der Waals surface area contributed by atoms with E-state index in [4.69, 9.17) is 11.6 Å². The van der Waals surface area contributed by atoms with Crippen LogP contribution in [0.1, 0.15) is 52.4 Å². The highest BCUT2D eigenvalue weighted by Crippen LogP contribution is 2.33. The lowest BCUT2D eigenvalue weighted by Crippen LogP contribution is -2.18. The SMILES string of the molecule is CC[C@@H]1CCc2sc(C(=O)N/N=C(\C)c3cc(Cl)ccc3O)cc2C1. The van der Waals surface area contributed by atoms with Gasteiger partial charge in [0.2, 0.25) is 0 Å². The van der Waals surface area contributed by atoms with Gasteiger partial charge in [-0.05, 0) is 61.9 Å². The summed E-state index contributed by atoms with van der Waals surface area (Å²) in [5.74, 6) is 0.592. The van der Waals surface area contributed by atoms with E-state index < -0.39 is 0 Å². The molecule has 1 heterocycles. The van der Waals surface area contributed by atoms with Gasteiger partial charge in [0.15, 0.2) is 0 Å². The summed E-state index contributed by atoms with van der Waals surface area (Å²) >= 11 is 7.51. The number of benzene rings is 1. The molecular weight excluding hydrogens is 356 g/mol. The van der Waals surface area contributed by atoms with E-state index in [1.165, 1.54) is 29.3 Å². The minimum absolute atomic E-state index is 0.0806. The van der Waals surface area contributed by atoms with Crippen LogP contribution in [0.5, 0.6) is 5.75 Å². The fourth-order valence-electron chi connectivity index (χ4n) is 3.11. The second-order valence-electron chi connectivity index (χ2n) is 6.38. The van der Waals surface area contributed by atoms with Crippen LogP contribution in [0.25, 0.3) is 0 Å². The van der Waals surface area contributed by atoms with Crippen LogP contribution >= 0.6 is 22.9 Å². The second kappa shape index (κ2) is 7.58. The summed E-state index contributed by atoms with van der Waals surface area (Å²) in [5.41, 5.74) is 4.89. The van der Waals surface area contributed by atoms with Crippen LogP contribution in [-0.2, 0) is 12.8 Å². The number of nitrogens with zero attached hydrogens (tertiary/aromatic N) is 1. The number of carbonyl (C=O) groups excluding carboxylic acids is 1. The molecule has 0 saturated heterocycles. The Morgan fingerprint density at radius 3 is 3.00 bits per heavy atom. The number of hydrogen-bond donors (Lipinski definition) is 2. The van der Waals surface area contributed by atoms with Crippen molar-refractivity contribution in [2.45, 2.75) is 39.5 Å². The quantitative estimate of drug-likeness (QED) is 0.596. The summed E-state index contributed by atoms with van der Waals surface area (Å²) in [6, 6.07) is 6.73. The van der Waals surface area contributed by atoms with Crippen LogP contribution in [0.4, 0.5) is 0 Å². The summed E-state index contributed by atoms with van der Waals surface area (Å²) in [7, 11) is 0. The molecule has 0 unspecified atom stereocenters. The molecule has 0 saturated carbocycles. The molecule has 2 N–H and O–H groups in total. The molecule has 0 aliphatic heterocycles. The minimum Gasteiger partial charge on any atom is -0.507 e. The van der Waals surface area contributed by atoms with E-state index in [1.54, 1.807) is 30.4 Å². The molecule has 132 valence electrons. The molecule has 1 amide bonds. The highest BCUT2D eigenvalue weighted by molar-refractivity contribution is 7.14. The van der Waals surface area contributed by atoms with E-state index in [-0.39, 0.29) is 11.7 Å². The summed E-state index contributed by atoms with van der Waals surface area (Å²) in [4.78, 5) is 14.4. The van der Waals surface area contributed by atoms with Crippen molar-refractivity contribution >= 4 is 34.6 Å². The number of phenolic OH excluding ortho intramolecular Hbond substituents is 1. The molecule has 1 aliphatic carbocycles. The van der Waals surface area contributed by atoms with Gasteiger partial charge in [-0.3, -0.25) is 4.79 Å². The molecule has 1 aromatic carbocycles. The molecule has 0 spiro atoms. The zero-order valence-electron chi connectivity index (χ0n) is 14.3. The molecule has 1 atom stereocenters. The van der Waals surface area contributed by atoms with Gasteiger partial charge in [-0.25, -0.2) is 5.43 Å². The lowest BCUT2D eigenvalue weighted by Gasteiger charge is -2.19. The number of amides is 1. The highest BCUT2D eigenvalue weighted by Gasteiger charge is 2.22. The molecule has 3 rings (SSSR count). The molecule has 0 bridgehead atoms. The van der Waals surface area contributed by atoms with Gasteiger partial charge in [0.25, 0.3) is 5.91 Å². The fourth-order valence-corrected chi connectivity index (χ4v) is 4.38. The Hall–Kier alpha value is -1.85. The predicted octanol–water partition coefficient (Wildman–Crippen LogP) is 4.78. The first kappa shape index (κ1) is 18.0. The maximum absolute atomic E-state index is 12.4. The first-order chi connectivity index (χ1) is 12.0. The molecule has 4 nitrogen and oxygen atoms in total. The molecule has 1 aliphatic rings. The minimum atomic E-state index is -0.215. The van der Waals surface area contributed by atoms with Crippen LogP contribution in [0.15, 0.2) is 29.4 Å². The van der Waals surface area contributed by atoms with Crippen molar-refractivity contribution in [2.24, 2.45) is 11.0 Å². The Morgan fingerprint density at radius 2 is 2.24 bits per heavy atom. The summed E-state index contributed by atoms with van der Waals surface area (Å²) < 4.78 is 0. The Kier molecular flexibility index (Phi) is 5.45. The van der Waals surface area contributed by atoms with Crippen molar-refractivity contribution in [1.82, 2.24) is 5.43 Å². The van der Waals surface area contributed by atoms with Crippen LogP contribution < -0.4 is 5.43 Å². The van der Waals surface area contributed by atoms with Crippen molar-refractivity contribution in [3.05, 3.63) is 50.2 Å². The van der Waals surface area contributed by atoms with Crippen molar-refractivity contribution in [3.63, 3.8) is 0 Å². The number of aromatic hydroxyl groups is 1. The first-order valence-electron chi connectivity index (χ1n) is 8.43. The van der Waals surface area contributed by atoms with E-state index in [1.807, 2.05) is 6.07 Å². The number of thiophene rings is 1. The van der Waals surface area contributed by atoms with Crippen molar-refractivity contribution in [1.29, 1.82) is 0 Å². The predicted molar refractivity (Wildman–Crippen MR) is 103 cm³/mol. The molecule has 25 heavy (non-hydrogen) atoms. The fraction of sp³-hybridized carbons (Fsp3) is 0.368. The number of halogens is 1. The van der Waals surface area contributed by atoms with Gasteiger partial charge in [-0.15, -0.1) is 11.3 Å². The zero-order valence-corrected chi connectivity index (χ0v) is 15.9. The highest BCUT2D eigenvalue weighted by atomic mass is 35.5. The number of hydrazone groups is 1. The molecule has 0 radical (unpaired) electrons. The summed E-state index contributed by atoms with van der Waals surface area (Å²) in [6.07, 6.45) is 4.51. The third-order valence-electron chi connectivity index (χ3n) is 4.66. The average Bonchev–Trinajstić information content (AvgIpc) is 3.04. The first-order valence-corrected chi connectivity index (χ1v) is 9.62. The van der Waals surface area contributed by atoms with Crippen molar-refractivity contribution in [3.8, 4) is 5.75 Å². The van der Waals surface area contributed by atoms with Gasteiger partial charge in [0, 0.05) is 15.5 Å². The largest absolute Gasteiger partial charge is 0.507 e. The zero-order chi connectivity index (χ0) is 18.0. The molecule has 6 heteroatoms. The van der Waals surface area contributed by atoms with E-state index in [0.29, 0.717) is 21.2 Å². The summed E-state index contributed by atoms with van der Waals surface area (Å²) in [6.45, 7) is 3.94. The average molecular weight is 377 g/mol. The Bertz CT molecular complexity index is 829. The summed E-state index contributed by atoms with van der Waals surface area (Å²) in [5, 5.41) is 14.5. The monoisotopic (exact) mass is 376 g/mol. The van der Waals surface area contributed by atoms with Crippen molar-refractivity contribution in [2.75, 3.05) is 0 Å². The van der Waals surface area contributed by atoms with Crippen LogP contribution in [0.2, 0.25) is 5.02 Å². The van der Waals surface area contributed by atoms with Gasteiger partial charge in [0.1, 0.15) is 5.75 Å². The van der Waals surface area contributed by atoms with E-state index >= 15 is 0 Å². The topological polar surface area (TPSA) is 61.7 Å². The smallest absolute Gasteiger partial charge is 0.281 e. The third-order valence-corrected chi connectivity index (χ3v) is 6.13. The maximum Gasteiger partial charge on any atom is 0.281 e. The number of aryl methyl sites for hydroxylation is 1. The third kappa shape index (κ3) is 4.05. The Balaban J connectivity index is 1.72. The molecular formula is C19H21ClN2O2S. The Labute approximate surface area is 156 Å². The number of phenols is 1. The molecule has 0 fully saturated rings. The number of nitrogens with one attached hydrogen (secondary N) is 1. The second-order valence-corrected chi connectivity index (χ2v) is 7.95. The van der Waals surface area contributed by atoms with Gasteiger partial charge in [0.05, 0.1) is 10.6 Å². The molecule has 2 aromatic rings. The standard InChI is InChI=1S/C19H21ClN2O2S/c1-3-12-4-7-17-13(8-12)9-18(25-17)19(24)22-21-11(2)15-10-14(20)5-6-16(15)23/h5-6,9-10,12,23H,3-4,7-8H2,1-2H3,(H,22,24)/b21-11+/t12-/m1/s1. The number of hydrogen-bond acceptors (Lipinski definition) is 4. The number of rotatable bonds is 4. The van der Waals surface area contributed by atoms with Gasteiger partial charge in [-0.1, -0.05) is 24.9 Å². The lowest BCUT2D eigenvalue weighted by atomic mass is 9.87. The lowest BCUT2D eigenvalue weighted by molar-refractivity contribution is 0.0959. The maximum atomic E-state index is 12.4. The number of carbonyl (C=O) groups is 1.